The molecule has 248 valence electrons. The van der Waals surface area contributed by atoms with Crippen molar-refractivity contribution in [3.05, 3.63) is 187 Å². The van der Waals surface area contributed by atoms with Gasteiger partial charge in [0.1, 0.15) is 0 Å². The molecule has 0 unspecified atom stereocenters. The zero-order chi connectivity index (χ0) is 35.5. The zero-order valence-corrected chi connectivity index (χ0v) is 29.7. The molecule has 0 N–H and O–H groups in total. The van der Waals surface area contributed by atoms with E-state index in [1.807, 2.05) is 77.1 Å². The van der Waals surface area contributed by atoms with Crippen LogP contribution in [0.1, 0.15) is 56.2 Å². The summed E-state index contributed by atoms with van der Waals surface area (Å²) in [7, 11) is 0. The molecule has 5 rings (SSSR count). The summed E-state index contributed by atoms with van der Waals surface area (Å²) in [5, 5.41) is 2.37. The van der Waals surface area contributed by atoms with Crippen LogP contribution in [0.2, 0.25) is 0 Å². The summed E-state index contributed by atoms with van der Waals surface area (Å²) in [6, 6.07) is 25.4. The first-order chi connectivity index (χ1) is 24.2. The van der Waals surface area contributed by atoms with E-state index in [1.165, 1.54) is 10.8 Å². The van der Waals surface area contributed by atoms with Crippen molar-refractivity contribution in [1.29, 1.82) is 0 Å². The second kappa shape index (κ2) is 16.9. The Morgan fingerprint density at radius 1 is 0.780 bits per heavy atom. The first kappa shape index (κ1) is 35.3. The van der Waals surface area contributed by atoms with Crippen molar-refractivity contribution >= 4 is 27.5 Å². The van der Waals surface area contributed by atoms with Crippen molar-refractivity contribution in [1.82, 2.24) is 19.9 Å². The molecule has 3 aromatic carbocycles. The minimum Gasteiger partial charge on any atom is -0.237 e. The number of allylic oxidation sites excluding steroid dienone is 14. The van der Waals surface area contributed by atoms with E-state index < -0.39 is 0 Å². The van der Waals surface area contributed by atoms with Crippen LogP contribution in [-0.2, 0) is 6.42 Å². The Hall–Kier alpha value is -6.00. The minimum absolute atomic E-state index is 0.654. The van der Waals surface area contributed by atoms with Crippen LogP contribution in [-0.4, -0.2) is 19.9 Å². The summed E-state index contributed by atoms with van der Waals surface area (Å²) in [6.07, 6.45) is 22.9. The summed E-state index contributed by atoms with van der Waals surface area (Å²) in [5.74, 6) is 1.37. The van der Waals surface area contributed by atoms with Gasteiger partial charge >= 0.3 is 0 Å². The molecule has 0 aliphatic carbocycles. The highest BCUT2D eigenvalue weighted by Gasteiger charge is 2.14. The van der Waals surface area contributed by atoms with Crippen molar-refractivity contribution in [2.45, 2.75) is 41.0 Å². The first-order valence-corrected chi connectivity index (χ1v) is 16.9. The fourth-order valence-electron chi connectivity index (χ4n) is 5.60. The first-order valence-electron chi connectivity index (χ1n) is 16.9. The molecule has 4 heteroatoms. The van der Waals surface area contributed by atoms with Gasteiger partial charge in [0.15, 0.2) is 11.6 Å². The zero-order valence-electron chi connectivity index (χ0n) is 29.7. The Kier molecular flexibility index (Phi) is 11.9. The van der Waals surface area contributed by atoms with E-state index in [0.29, 0.717) is 18.1 Å². The van der Waals surface area contributed by atoms with E-state index in [-0.39, 0.29) is 0 Å². The van der Waals surface area contributed by atoms with E-state index in [2.05, 4.69) is 114 Å². The number of fused-ring (bicyclic) bond motifs is 1. The molecule has 4 nitrogen and oxygen atoms in total. The smallest absolute Gasteiger partial charge is 0.160 e. The lowest BCUT2D eigenvalue weighted by atomic mass is 9.93. The molecule has 2 heterocycles. The Labute approximate surface area is 297 Å². The van der Waals surface area contributed by atoms with Gasteiger partial charge in [-0.15, -0.1) is 0 Å². The fraction of sp³-hybridized carbons (Fsp3) is 0.130. The number of hydrogen-bond donors (Lipinski definition) is 0. The van der Waals surface area contributed by atoms with E-state index >= 15 is 0 Å². The fourth-order valence-corrected chi connectivity index (χ4v) is 5.60. The molecule has 0 amide bonds. The standard InChI is InChI=1S/C46H44N4/c1-8-10-11-12-22-41-31-44(37(17-9-2)27-32(3)4)50-46(49-41)40-29-38(33(5)18-15-19-34(6)45-47-26-25-35(7)48-45)28-39(30-40)43-24-16-21-36-20-13-14-23-42(36)43/h8-21,23-31H,3,5,22H2,1-2,4,6-7H3/b10-8-,12-11-,17-9-,18-15-,34-19+,37-27+. The largest absolute Gasteiger partial charge is 0.237 e. The maximum absolute atomic E-state index is 5.16. The molecule has 0 bridgehead atoms. The SMILES string of the molecule is C=C(C)/C=C(\C=C/C)c1cc(C/C=C\C=C/C)nc(-c2cc(C(=C)/C=C\C=C(/C)c3nccc(C)n3)cc(-c3cccc4ccccc34)c2)n1. The summed E-state index contributed by atoms with van der Waals surface area (Å²) in [5.41, 5.74) is 10.6. The van der Waals surface area contributed by atoms with Gasteiger partial charge in [0, 0.05) is 35.1 Å². The van der Waals surface area contributed by atoms with Gasteiger partial charge in [0.2, 0.25) is 0 Å². The molecule has 0 saturated heterocycles. The third-order valence-corrected chi connectivity index (χ3v) is 8.04. The summed E-state index contributed by atoms with van der Waals surface area (Å²) >= 11 is 0. The highest BCUT2D eigenvalue weighted by Crippen LogP contribution is 2.34. The molecule has 0 aliphatic rings. The summed E-state index contributed by atoms with van der Waals surface area (Å²) in [4.78, 5) is 19.3. The van der Waals surface area contributed by atoms with Gasteiger partial charge in [-0.05, 0) is 104 Å². The lowest BCUT2D eigenvalue weighted by Gasteiger charge is -2.14. The maximum Gasteiger partial charge on any atom is 0.160 e. The molecule has 5 aromatic rings. The van der Waals surface area contributed by atoms with Crippen LogP contribution in [0, 0.1) is 6.92 Å². The van der Waals surface area contributed by atoms with Crippen LogP contribution in [0.15, 0.2) is 158 Å². The van der Waals surface area contributed by atoms with Gasteiger partial charge in [0.05, 0.1) is 5.69 Å². The second-order valence-electron chi connectivity index (χ2n) is 12.3. The van der Waals surface area contributed by atoms with Crippen LogP contribution in [0.3, 0.4) is 0 Å². The third kappa shape index (κ3) is 9.12. The number of aromatic nitrogens is 4. The van der Waals surface area contributed by atoms with Crippen molar-refractivity contribution in [3.8, 4) is 22.5 Å². The molecule has 0 aliphatic heterocycles. The van der Waals surface area contributed by atoms with E-state index in [4.69, 9.17) is 9.97 Å². The quantitative estimate of drug-likeness (QED) is 0.126. The molecular weight excluding hydrogens is 609 g/mol. The van der Waals surface area contributed by atoms with Gasteiger partial charge in [-0.1, -0.05) is 122 Å². The predicted molar refractivity (Wildman–Crippen MR) is 214 cm³/mol. The van der Waals surface area contributed by atoms with E-state index in [0.717, 1.165) is 61.6 Å². The molecule has 0 fully saturated rings. The summed E-state index contributed by atoms with van der Waals surface area (Å²) in [6.45, 7) is 18.6. The Morgan fingerprint density at radius 2 is 1.58 bits per heavy atom. The van der Waals surface area contributed by atoms with Crippen molar-refractivity contribution in [2.24, 2.45) is 0 Å². The van der Waals surface area contributed by atoms with Crippen molar-refractivity contribution in [3.63, 3.8) is 0 Å². The average Bonchev–Trinajstić information content (AvgIpc) is 3.12. The second-order valence-corrected chi connectivity index (χ2v) is 12.3. The molecule has 2 aromatic heterocycles. The van der Waals surface area contributed by atoms with Crippen LogP contribution < -0.4 is 0 Å². The number of aryl methyl sites for hydroxylation is 1. The van der Waals surface area contributed by atoms with Gasteiger partial charge in [0.25, 0.3) is 0 Å². The van der Waals surface area contributed by atoms with Crippen molar-refractivity contribution in [2.75, 3.05) is 0 Å². The van der Waals surface area contributed by atoms with Crippen LogP contribution in [0.4, 0.5) is 0 Å². The molecule has 0 spiro atoms. The molecular formula is C46H44N4. The van der Waals surface area contributed by atoms with E-state index in [1.54, 1.807) is 6.20 Å². The van der Waals surface area contributed by atoms with Gasteiger partial charge < -0.3 is 0 Å². The highest BCUT2D eigenvalue weighted by atomic mass is 14.9. The maximum atomic E-state index is 5.16. The molecule has 50 heavy (non-hydrogen) atoms. The van der Waals surface area contributed by atoms with E-state index in [9.17, 15) is 0 Å². The Morgan fingerprint density at radius 3 is 2.36 bits per heavy atom. The Bertz CT molecular complexity index is 2220. The van der Waals surface area contributed by atoms with Crippen LogP contribution in [0.5, 0.6) is 0 Å². The Balaban J connectivity index is 1.67. The lowest BCUT2D eigenvalue weighted by molar-refractivity contribution is 1.05. The number of hydrogen-bond acceptors (Lipinski definition) is 4. The van der Waals surface area contributed by atoms with Gasteiger partial charge in [-0.25, -0.2) is 19.9 Å². The van der Waals surface area contributed by atoms with Crippen LogP contribution in [0.25, 0.3) is 50.0 Å². The number of nitrogens with zero attached hydrogens (tertiary/aromatic N) is 4. The number of benzene rings is 3. The molecule has 0 saturated carbocycles. The topological polar surface area (TPSA) is 51.6 Å². The summed E-state index contributed by atoms with van der Waals surface area (Å²) < 4.78 is 0. The third-order valence-electron chi connectivity index (χ3n) is 8.04. The highest BCUT2D eigenvalue weighted by molar-refractivity contribution is 5.98. The minimum atomic E-state index is 0.654. The molecule has 0 radical (unpaired) electrons. The average molecular weight is 653 g/mol. The van der Waals surface area contributed by atoms with Crippen LogP contribution >= 0.6 is 0 Å². The number of rotatable bonds is 12. The molecule has 0 atom stereocenters. The monoisotopic (exact) mass is 652 g/mol. The lowest BCUT2D eigenvalue weighted by Crippen LogP contribution is -2.01. The van der Waals surface area contributed by atoms with Gasteiger partial charge in [-0.2, -0.15) is 0 Å². The van der Waals surface area contributed by atoms with Gasteiger partial charge in [-0.3, -0.25) is 0 Å². The normalized spacial score (nSPS) is 12.7. The van der Waals surface area contributed by atoms with Crippen molar-refractivity contribution < 1.29 is 0 Å². The predicted octanol–water partition coefficient (Wildman–Crippen LogP) is 11.9.